The van der Waals surface area contributed by atoms with Gasteiger partial charge < -0.3 is 19.9 Å². The number of nitrogens with zero attached hydrogens (tertiary/aromatic N) is 3. The molecule has 4 bridgehead atoms. The van der Waals surface area contributed by atoms with Gasteiger partial charge in [0.15, 0.2) is 0 Å². The van der Waals surface area contributed by atoms with E-state index in [1.54, 1.807) is 24.3 Å². The molecule has 0 saturated heterocycles. The minimum atomic E-state index is -0.334. The lowest BCUT2D eigenvalue weighted by Gasteiger charge is -2.57. The van der Waals surface area contributed by atoms with E-state index in [0.717, 1.165) is 43.6 Å². The zero-order chi connectivity index (χ0) is 24.8. The molecule has 1 aromatic heterocycles. The maximum atomic E-state index is 13.2. The highest BCUT2D eigenvalue weighted by Gasteiger charge is 2.50. The summed E-state index contributed by atoms with van der Waals surface area (Å²) in [7, 11) is 1.74. The summed E-state index contributed by atoms with van der Waals surface area (Å²) in [4.78, 5) is 33.0. The molecule has 0 unspecified atom stereocenters. The molecule has 194 valence electrons. The van der Waals surface area contributed by atoms with Crippen molar-refractivity contribution in [2.75, 3.05) is 33.2 Å². The van der Waals surface area contributed by atoms with Gasteiger partial charge in [0.2, 0.25) is 0 Å². The van der Waals surface area contributed by atoms with Gasteiger partial charge in [-0.3, -0.25) is 4.98 Å². The third-order valence-corrected chi connectivity index (χ3v) is 8.39. The van der Waals surface area contributed by atoms with Gasteiger partial charge in [-0.25, -0.2) is 9.59 Å². The topological polar surface area (TPSA) is 74.8 Å². The zero-order valence-corrected chi connectivity index (χ0v) is 21.9. The standard InChI is InChI=1S/C28H44N4O3/c1-21(2)35-27(34)31(3)13-14-32(26(33)30-9-4-5-22-6-10-29-11-7-22)12-8-28-18-23-15-24(19-28)17-25(16-23)20-28/h6-7,10-11,21,23-25H,4-5,8-9,12-20H2,1-3H3,(H,30,33). The lowest BCUT2D eigenvalue weighted by Crippen LogP contribution is -2.49. The van der Waals surface area contributed by atoms with Gasteiger partial charge >= 0.3 is 12.1 Å². The van der Waals surface area contributed by atoms with E-state index in [0.29, 0.717) is 25.0 Å². The third kappa shape index (κ3) is 7.11. The molecule has 3 amide bonds. The molecule has 0 aromatic carbocycles. The van der Waals surface area contributed by atoms with Crippen molar-refractivity contribution in [3.8, 4) is 0 Å². The Kier molecular flexibility index (Phi) is 8.55. The van der Waals surface area contributed by atoms with E-state index >= 15 is 0 Å². The van der Waals surface area contributed by atoms with Crippen molar-refractivity contribution in [3.63, 3.8) is 0 Å². The smallest absolute Gasteiger partial charge is 0.409 e. The van der Waals surface area contributed by atoms with Crippen LogP contribution in [0, 0.1) is 23.2 Å². The molecule has 0 spiro atoms. The Hall–Kier alpha value is -2.31. The Morgan fingerprint density at radius 1 is 1.06 bits per heavy atom. The molecule has 4 saturated carbocycles. The number of hydrogen-bond donors (Lipinski definition) is 1. The summed E-state index contributed by atoms with van der Waals surface area (Å²) >= 11 is 0. The summed E-state index contributed by atoms with van der Waals surface area (Å²) in [6, 6.07) is 4.02. The lowest BCUT2D eigenvalue weighted by atomic mass is 9.49. The van der Waals surface area contributed by atoms with Gasteiger partial charge in [0.05, 0.1) is 6.10 Å². The maximum absolute atomic E-state index is 13.2. The predicted molar refractivity (Wildman–Crippen MR) is 137 cm³/mol. The number of aryl methyl sites for hydroxylation is 1. The third-order valence-electron chi connectivity index (χ3n) is 8.39. The Morgan fingerprint density at radius 3 is 2.29 bits per heavy atom. The SMILES string of the molecule is CC(C)OC(=O)N(C)CCN(CCC12CC3CC(CC(C3)C1)C2)C(=O)NCCCc1ccncc1. The van der Waals surface area contributed by atoms with Crippen LogP contribution in [0.4, 0.5) is 9.59 Å². The zero-order valence-electron chi connectivity index (χ0n) is 21.9. The number of pyridine rings is 1. The molecule has 0 atom stereocenters. The maximum Gasteiger partial charge on any atom is 0.409 e. The van der Waals surface area contributed by atoms with E-state index in [1.165, 1.54) is 44.1 Å². The molecule has 1 heterocycles. The number of nitrogens with one attached hydrogen (secondary N) is 1. The van der Waals surface area contributed by atoms with Crippen molar-refractivity contribution in [1.82, 2.24) is 20.1 Å². The highest BCUT2D eigenvalue weighted by molar-refractivity contribution is 5.74. The second kappa shape index (κ2) is 11.6. The Labute approximate surface area is 211 Å². The molecule has 4 fully saturated rings. The first-order valence-corrected chi connectivity index (χ1v) is 13.7. The summed E-state index contributed by atoms with van der Waals surface area (Å²) in [6.07, 6.45) is 14.4. The lowest BCUT2D eigenvalue weighted by molar-refractivity contribution is -0.0597. The molecule has 0 aliphatic heterocycles. The summed E-state index contributed by atoms with van der Waals surface area (Å²) < 4.78 is 5.31. The summed E-state index contributed by atoms with van der Waals surface area (Å²) in [5, 5.41) is 3.13. The molecule has 0 radical (unpaired) electrons. The molecule has 35 heavy (non-hydrogen) atoms. The number of likely N-dealkylation sites (N-methyl/N-ethyl adjacent to an activating group) is 1. The van der Waals surface area contributed by atoms with Crippen LogP contribution in [-0.2, 0) is 11.2 Å². The Balaban J connectivity index is 1.30. The van der Waals surface area contributed by atoms with Crippen LogP contribution < -0.4 is 5.32 Å². The fourth-order valence-electron chi connectivity index (χ4n) is 7.09. The molecule has 1 N–H and O–H groups in total. The van der Waals surface area contributed by atoms with E-state index in [1.807, 2.05) is 30.9 Å². The number of aromatic nitrogens is 1. The highest BCUT2D eigenvalue weighted by atomic mass is 16.6. The fourth-order valence-corrected chi connectivity index (χ4v) is 7.09. The number of hydrogen-bond acceptors (Lipinski definition) is 4. The molecule has 5 rings (SSSR count). The number of amides is 3. The van der Waals surface area contributed by atoms with Crippen LogP contribution in [0.15, 0.2) is 24.5 Å². The molecule has 7 heteroatoms. The van der Waals surface area contributed by atoms with Crippen molar-refractivity contribution in [2.45, 2.75) is 77.7 Å². The summed E-state index contributed by atoms with van der Waals surface area (Å²) in [5.74, 6) is 2.73. The Bertz CT molecular complexity index is 809. The van der Waals surface area contributed by atoms with E-state index in [9.17, 15) is 9.59 Å². The quantitative estimate of drug-likeness (QED) is 0.443. The minimum absolute atomic E-state index is 0.0184. The first-order valence-electron chi connectivity index (χ1n) is 13.7. The minimum Gasteiger partial charge on any atom is -0.447 e. The fraction of sp³-hybridized carbons (Fsp3) is 0.750. The van der Waals surface area contributed by atoms with Gasteiger partial charge in [0.1, 0.15) is 0 Å². The van der Waals surface area contributed by atoms with Crippen LogP contribution in [0.5, 0.6) is 0 Å². The monoisotopic (exact) mass is 484 g/mol. The number of urea groups is 1. The first kappa shape index (κ1) is 25.8. The van der Waals surface area contributed by atoms with Gasteiger partial charge in [0, 0.05) is 45.6 Å². The predicted octanol–water partition coefficient (Wildman–Crippen LogP) is 5.11. The molecular formula is C28H44N4O3. The van der Waals surface area contributed by atoms with Crippen molar-refractivity contribution in [2.24, 2.45) is 23.2 Å². The highest BCUT2D eigenvalue weighted by Crippen LogP contribution is 2.61. The molecule has 4 aliphatic rings. The number of ether oxygens (including phenoxy) is 1. The van der Waals surface area contributed by atoms with E-state index < -0.39 is 0 Å². The number of carbonyl (C=O) groups is 2. The largest absolute Gasteiger partial charge is 0.447 e. The number of carbonyl (C=O) groups excluding carboxylic acids is 2. The van der Waals surface area contributed by atoms with Gasteiger partial charge in [-0.2, -0.15) is 0 Å². The van der Waals surface area contributed by atoms with Crippen LogP contribution in [0.1, 0.15) is 70.8 Å². The second-order valence-electron chi connectivity index (χ2n) is 11.7. The first-order chi connectivity index (χ1) is 16.8. The molecule has 4 aliphatic carbocycles. The van der Waals surface area contributed by atoms with Crippen LogP contribution in [0.25, 0.3) is 0 Å². The Morgan fingerprint density at radius 2 is 1.69 bits per heavy atom. The summed E-state index contributed by atoms with van der Waals surface area (Å²) in [6.45, 7) is 6.09. The van der Waals surface area contributed by atoms with Gasteiger partial charge in [-0.15, -0.1) is 0 Å². The van der Waals surface area contributed by atoms with Crippen molar-refractivity contribution >= 4 is 12.1 Å². The summed E-state index contributed by atoms with van der Waals surface area (Å²) in [5.41, 5.74) is 1.66. The van der Waals surface area contributed by atoms with Gasteiger partial charge in [0.25, 0.3) is 0 Å². The van der Waals surface area contributed by atoms with Gasteiger partial charge in [-0.1, -0.05) is 0 Å². The van der Waals surface area contributed by atoms with Crippen LogP contribution in [-0.4, -0.2) is 66.2 Å². The van der Waals surface area contributed by atoms with Crippen LogP contribution in [0.2, 0.25) is 0 Å². The van der Waals surface area contributed by atoms with Gasteiger partial charge in [-0.05, 0) is 112 Å². The average Bonchev–Trinajstić information content (AvgIpc) is 2.81. The van der Waals surface area contributed by atoms with Crippen molar-refractivity contribution < 1.29 is 14.3 Å². The van der Waals surface area contributed by atoms with E-state index in [-0.39, 0.29) is 18.2 Å². The molecule has 1 aromatic rings. The molecule has 7 nitrogen and oxygen atoms in total. The molecular weight excluding hydrogens is 440 g/mol. The van der Waals surface area contributed by atoms with E-state index in [4.69, 9.17) is 4.74 Å². The van der Waals surface area contributed by atoms with Crippen molar-refractivity contribution in [1.29, 1.82) is 0 Å². The van der Waals surface area contributed by atoms with Crippen LogP contribution >= 0.6 is 0 Å². The van der Waals surface area contributed by atoms with Crippen LogP contribution in [0.3, 0.4) is 0 Å². The number of rotatable bonds is 11. The average molecular weight is 485 g/mol. The second-order valence-corrected chi connectivity index (χ2v) is 11.7. The van der Waals surface area contributed by atoms with E-state index in [2.05, 4.69) is 10.3 Å². The normalized spacial score (nSPS) is 26.6. The van der Waals surface area contributed by atoms with Crippen molar-refractivity contribution in [3.05, 3.63) is 30.1 Å².